The van der Waals surface area contributed by atoms with Gasteiger partial charge < -0.3 is 5.73 Å². The molecule has 0 bridgehead atoms. The minimum Gasteiger partial charge on any atom is -0.329 e. The number of carbonyl (C=O) groups is 1. The number of rotatable bonds is 3. The maximum atomic E-state index is 12.9. The van der Waals surface area contributed by atoms with Crippen molar-refractivity contribution in [1.82, 2.24) is 0 Å². The first-order chi connectivity index (χ1) is 9.09. The van der Waals surface area contributed by atoms with E-state index >= 15 is 0 Å². The molecule has 2 heteroatoms. The van der Waals surface area contributed by atoms with Crippen LogP contribution in [-0.4, -0.2) is 12.3 Å². The fourth-order valence-electron chi connectivity index (χ4n) is 3.12. The number of carbonyl (C=O) groups excluding carboxylic acids is 1. The summed E-state index contributed by atoms with van der Waals surface area (Å²) >= 11 is 0. The van der Waals surface area contributed by atoms with E-state index < -0.39 is 0 Å². The Morgan fingerprint density at radius 1 is 1.11 bits per heavy atom. The fourth-order valence-corrected chi connectivity index (χ4v) is 3.12. The molecule has 0 heterocycles. The Balaban J connectivity index is 2.31. The SMILES string of the molecule is Cc1ccc(C(=O)C2(CN)CCCCCC2)cc1C. The topological polar surface area (TPSA) is 43.1 Å². The summed E-state index contributed by atoms with van der Waals surface area (Å²) in [4.78, 5) is 12.9. The van der Waals surface area contributed by atoms with E-state index in [2.05, 4.69) is 13.8 Å². The van der Waals surface area contributed by atoms with Gasteiger partial charge in [0.2, 0.25) is 0 Å². The van der Waals surface area contributed by atoms with E-state index in [0.717, 1.165) is 31.2 Å². The molecule has 0 unspecified atom stereocenters. The first-order valence-corrected chi connectivity index (χ1v) is 7.41. The van der Waals surface area contributed by atoms with Crippen LogP contribution in [-0.2, 0) is 0 Å². The highest BCUT2D eigenvalue weighted by molar-refractivity contribution is 6.01. The fraction of sp³-hybridized carbons (Fsp3) is 0.588. The van der Waals surface area contributed by atoms with Gasteiger partial charge in [-0.15, -0.1) is 0 Å². The lowest BCUT2D eigenvalue weighted by Gasteiger charge is -2.30. The molecule has 0 atom stereocenters. The van der Waals surface area contributed by atoms with Gasteiger partial charge in [0.1, 0.15) is 0 Å². The van der Waals surface area contributed by atoms with Crippen molar-refractivity contribution in [3.8, 4) is 0 Å². The third kappa shape index (κ3) is 2.89. The maximum absolute atomic E-state index is 12.9. The highest BCUT2D eigenvalue weighted by Crippen LogP contribution is 2.37. The van der Waals surface area contributed by atoms with Gasteiger partial charge in [0.05, 0.1) is 0 Å². The summed E-state index contributed by atoms with van der Waals surface area (Å²) in [6, 6.07) is 6.04. The van der Waals surface area contributed by atoms with Gasteiger partial charge in [0, 0.05) is 17.5 Å². The van der Waals surface area contributed by atoms with Crippen molar-refractivity contribution in [3.05, 3.63) is 34.9 Å². The van der Waals surface area contributed by atoms with Crippen LogP contribution in [0.15, 0.2) is 18.2 Å². The van der Waals surface area contributed by atoms with Crippen molar-refractivity contribution in [2.75, 3.05) is 6.54 Å². The van der Waals surface area contributed by atoms with E-state index in [1.165, 1.54) is 24.0 Å². The largest absolute Gasteiger partial charge is 0.329 e. The highest BCUT2D eigenvalue weighted by atomic mass is 16.1. The number of hydrogen-bond acceptors (Lipinski definition) is 2. The summed E-state index contributed by atoms with van der Waals surface area (Å²) in [6.07, 6.45) is 6.65. The van der Waals surface area contributed by atoms with Crippen LogP contribution in [0.3, 0.4) is 0 Å². The van der Waals surface area contributed by atoms with E-state index in [4.69, 9.17) is 5.73 Å². The lowest BCUT2D eigenvalue weighted by atomic mass is 9.74. The average Bonchev–Trinajstić information content (AvgIpc) is 2.67. The lowest BCUT2D eigenvalue weighted by molar-refractivity contribution is 0.0774. The van der Waals surface area contributed by atoms with Crippen molar-refractivity contribution in [2.45, 2.75) is 52.4 Å². The molecule has 1 aliphatic carbocycles. The average molecular weight is 259 g/mol. The summed E-state index contributed by atoms with van der Waals surface area (Å²) in [5.41, 5.74) is 8.95. The Labute approximate surface area is 116 Å². The van der Waals surface area contributed by atoms with Gasteiger partial charge >= 0.3 is 0 Å². The molecule has 1 aromatic carbocycles. The Morgan fingerprint density at radius 3 is 2.26 bits per heavy atom. The van der Waals surface area contributed by atoms with Crippen molar-refractivity contribution in [3.63, 3.8) is 0 Å². The van der Waals surface area contributed by atoms with Crippen LogP contribution in [0.25, 0.3) is 0 Å². The van der Waals surface area contributed by atoms with E-state index in [-0.39, 0.29) is 11.2 Å². The number of aryl methyl sites for hydroxylation is 2. The van der Waals surface area contributed by atoms with Gasteiger partial charge in [-0.1, -0.05) is 37.8 Å². The number of hydrogen-bond donors (Lipinski definition) is 1. The monoisotopic (exact) mass is 259 g/mol. The second-order valence-electron chi connectivity index (χ2n) is 6.03. The van der Waals surface area contributed by atoms with Crippen LogP contribution in [0, 0.1) is 19.3 Å². The second kappa shape index (κ2) is 5.87. The maximum Gasteiger partial charge on any atom is 0.170 e. The summed E-state index contributed by atoms with van der Waals surface area (Å²) in [7, 11) is 0. The molecule has 0 aliphatic heterocycles. The molecule has 0 amide bonds. The van der Waals surface area contributed by atoms with Gasteiger partial charge in [-0.2, -0.15) is 0 Å². The van der Waals surface area contributed by atoms with Crippen LogP contribution in [0.5, 0.6) is 0 Å². The molecule has 1 aromatic rings. The predicted molar refractivity (Wildman–Crippen MR) is 79.4 cm³/mol. The predicted octanol–water partition coefficient (Wildman–Crippen LogP) is 3.79. The van der Waals surface area contributed by atoms with Gasteiger partial charge in [-0.3, -0.25) is 4.79 Å². The Kier molecular flexibility index (Phi) is 4.41. The molecular weight excluding hydrogens is 234 g/mol. The zero-order chi connectivity index (χ0) is 13.9. The van der Waals surface area contributed by atoms with E-state index in [0.29, 0.717) is 6.54 Å². The molecule has 1 fully saturated rings. The first-order valence-electron chi connectivity index (χ1n) is 7.41. The van der Waals surface area contributed by atoms with Crippen molar-refractivity contribution in [1.29, 1.82) is 0 Å². The van der Waals surface area contributed by atoms with E-state index in [1.54, 1.807) is 0 Å². The zero-order valence-corrected chi connectivity index (χ0v) is 12.2. The molecule has 0 radical (unpaired) electrons. The molecule has 19 heavy (non-hydrogen) atoms. The first kappa shape index (κ1) is 14.3. The Morgan fingerprint density at radius 2 is 1.74 bits per heavy atom. The van der Waals surface area contributed by atoms with Gasteiger partial charge in [-0.25, -0.2) is 0 Å². The standard InChI is InChI=1S/C17H25NO/c1-13-7-8-15(11-14(13)2)16(19)17(12-18)9-5-3-4-6-10-17/h7-8,11H,3-6,9-10,12,18H2,1-2H3. The molecule has 1 saturated carbocycles. The second-order valence-corrected chi connectivity index (χ2v) is 6.03. The molecule has 2 N–H and O–H groups in total. The summed E-state index contributed by atoms with van der Waals surface area (Å²) < 4.78 is 0. The Hall–Kier alpha value is -1.15. The quantitative estimate of drug-likeness (QED) is 0.663. The molecule has 0 aromatic heterocycles. The number of benzene rings is 1. The van der Waals surface area contributed by atoms with Crippen LogP contribution in [0.1, 0.15) is 60.0 Å². The molecule has 1 aliphatic rings. The van der Waals surface area contributed by atoms with Crippen LogP contribution >= 0.6 is 0 Å². The summed E-state index contributed by atoms with van der Waals surface area (Å²) in [5, 5.41) is 0. The third-order valence-corrected chi connectivity index (χ3v) is 4.70. The van der Waals surface area contributed by atoms with Crippen LogP contribution in [0.4, 0.5) is 0 Å². The number of nitrogens with two attached hydrogens (primary N) is 1. The summed E-state index contributed by atoms with van der Waals surface area (Å²) in [6.45, 7) is 4.63. The normalized spacial score (nSPS) is 18.9. The molecule has 104 valence electrons. The minimum atomic E-state index is -0.307. The summed E-state index contributed by atoms with van der Waals surface area (Å²) in [5.74, 6) is 0.264. The minimum absolute atomic E-state index is 0.264. The van der Waals surface area contributed by atoms with Gasteiger partial charge in [0.25, 0.3) is 0 Å². The van der Waals surface area contributed by atoms with Crippen molar-refractivity contribution in [2.24, 2.45) is 11.1 Å². The van der Waals surface area contributed by atoms with Crippen molar-refractivity contribution >= 4 is 5.78 Å². The van der Waals surface area contributed by atoms with Gasteiger partial charge in [0.15, 0.2) is 5.78 Å². The zero-order valence-electron chi connectivity index (χ0n) is 12.2. The molecule has 0 saturated heterocycles. The number of Topliss-reactive ketones (excluding diaryl/α,β-unsaturated/α-hetero) is 1. The van der Waals surface area contributed by atoms with E-state index in [1.807, 2.05) is 18.2 Å². The number of ketones is 1. The van der Waals surface area contributed by atoms with Crippen LogP contribution < -0.4 is 5.73 Å². The Bertz CT molecular complexity index is 456. The third-order valence-electron chi connectivity index (χ3n) is 4.70. The smallest absolute Gasteiger partial charge is 0.170 e. The highest BCUT2D eigenvalue weighted by Gasteiger charge is 2.37. The van der Waals surface area contributed by atoms with Gasteiger partial charge in [-0.05, 0) is 43.9 Å². The molecule has 2 nitrogen and oxygen atoms in total. The molecule has 2 rings (SSSR count). The van der Waals surface area contributed by atoms with Crippen molar-refractivity contribution < 1.29 is 4.79 Å². The van der Waals surface area contributed by atoms with Crippen LogP contribution in [0.2, 0.25) is 0 Å². The molecular formula is C17H25NO. The molecule has 0 spiro atoms. The van der Waals surface area contributed by atoms with E-state index in [9.17, 15) is 4.79 Å². The lowest BCUT2D eigenvalue weighted by Crippen LogP contribution is -2.38.